The molecule has 1 aromatic carbocycles. The zero-order valence-electron chi connectivity index (χ0n) is 7.93. The molecule has 3 heteroatoms. The summed E-state index contributed by atoms with van der Waals surface area (Å²) >= 11 is 0. The normalized spacial score (nSPS) is 30.0. The van der Waals surface area contributed by atoms with Gasteiger partial charge in [0.2, 0.25) is 5.60 Å². The zero-order valence-corrected chi connectivity index (χ0v) is 7.93. The van der Waals surface area contributed by atoms with E-state index in [1.165, 1.54) is 0 Å². The molecule has 0 amide bonds. The summed E-state index contributed by atoms with van der Waals surface area (Å²) in [5.74, 6) is -0.0730. The van der Waals surface area contributed by atoms with Crippen LogP contribution in [0.1, 0.15) is 18.9 Å². The SMILES string of the molecule is CCC(=O)C1(c2ccccc2)OC1O. The van der Waals surface area contributed by atoms with Crippen molar-refractivity contribution >= 4 is 5.78 Å². The number of hydrogen-bond donors (Lipinski definition) is 1. The Bertz CT molecular complexity index is 347. The molecule has 1 fully saturated rings. The number of benzene rings is 1. The van der Waals surface area contributed by atoms with Crippen molar-refractivity contribution in [1.82, 2.24) is 0 Å². The second kappa shape index (κ2) is 3.19. The monoisotopic (exact) mass is 192 g/mol. The molecule has 1 heterocycles. The largest absolute Gasteiger partial charge is 0.365 e. The van der Waals surface area contributed by atoms with Crippen LogP contribution < -0.4 is 0 Å². The first-order chi connectivity index (χ1) is 6.71. The average Bonchev–Trinajstić information content (AvgIpc) is 2.92. The molecule has 0 aromatic heterocycles. The summed E-state index contributed by atoms with van der Waals surface area (Å²) in [5, 5.41) is 9.39. The minimum absolute atomic E-state index is 0.0730. The van der Waals surface area contributed by atoms with Gasteiger partial charge in [0.15, 0.2) is 12.1 Å². The van der Waals surface area contributed by atoms with Crippen LogP contribution >= 0.6 is 0 Å². The Morgan fingerprint density at radius 1 is 1.50 bits per heavy atom. The Kier molecular flexibility index (Phi) is 2.13. The number of hydrogen-bond acceptors (Lipinski definition) is 3. The van der Waals surface area contributed by atoms with Crippen LogP contribution in [0.2, 0.25) is 0 Å². The van der Waals surface area contributed by atoms with Crippen molar-refractivity contribution in [3.05, 3.63) is 35.9 Å². The number of aliphatic hydroxyl groups excluding tert-OH is 1. The van der Waals surface area contributed by atoms with Gasteiger partial charge >= 0.3 is 0 Å². The molecule has 0 aliphatic carbocycles. The second-order valence-electron chi connectivity index (χ2n) is 3.35. The lowest BCUT2D eigenvalue weighted by molar-refractivity contribution is -0.124. The molecule has 0 saturated carbocycles. The van der Waals surface area contributed by atoms with Gasteiger partial charge in [-0.15, -0.1) is 0 Å². The fraction of sp³-hybridized carbons (Fsp3) is 0.364. The highest BCUT2D eigenvalue weighted by Crippen LogP contribution is 2.46. The van der Waals surface area contributed by atoms with Gasteiger partial charge in [-0.25, -0.2) is 0 Å². The maximum absolute atomic E-state index is 11.6. The van der Waals surface area contributed by atoms with E-state index in [1.54, 1.807) is 19.1 Å². The predicted molar refractivity (Wildman–Crippen MR) is 50.5 cm³/mol. The van der Waals surface area contributed by atoms with Crippen molar-refractivity contribution in [3.8, 4) is 0 Å². The Hall–Kier alpha value is -1.19. The molecular formula is C11H12O3. The van der Waals surface area contributed by atoms with Crippen LogP contribution in [0, 0.1) is 0 Å². The number of rotatable bonds is 3. The van der Waals surface area contributed by atoms with E-state index in [9.17, 15) is 9.90 Å². The molecule has 0 radical (unpaired) electrons. The van der Waals surface area contributed by atoms with Crippen molar-refractivity contribution in [2.45, 2.75) is 25.2 Å². The fourth-order valence-corrected chi connectivity index (χ4v) is 1.67. The first kappa shape index (κ1) is 9.37. The molecule has 14 heavy (non-hydrogen) atoms. The second-order valence-corrected chi connectivity index (χ2v) is 3.35. The van der Waals surface area contributed by atoms with Crippen molar-refractivity contribution in [2.75, 3.05) is 0 Å². The number of aliphatic hydroxyl groups is 1. The number of ether oxygens (including phenoxy) is 1. The molecule has 1 aromatic rings. The van der Waals surface area contributed by atoms with E-state index >= 15 is 0 Å². The number of carbonyl (C=O) groups is 1. The van der Waals surface area contributed by atoms with Crippen molar-refractivity contribution in [1.29, 1.82) is 0 Å². The highest BCUT2D eigenvalue weighted by atomic mass is 16.7. The minimum Gasteiger partial charge on any atom is -0.365 e. The van der Waals surface area contributed by atoms with Crippen LogP contribution in [0.15, 0.2) is 30.3 Å². The molecule has 0 bridgehead atoms. The topological polar surface area (TPSA) is 49.8 Å². The van der Waals surface area contributed by atoms with Gasteiger partial charge in [-0.05, 0) is 5.56 Å². The van der Waals surface area contributed by atoms with Crippen LogP contribution in [0.5, 0.6) is 0 Å². The van der Waals surface area contributed by atoms with E-state index < -0.39 is 11.9 Å². The Morgan fingerprint density at radius 3 is 2.50 bits per heavy atom. The number of Topliss-reactive ketones (excluding diaryl/α,β-unsaturated/α-hetero) is 1. The van der Waals surface area contributed by atoms with Crippen molar-refractivity contribution < 1.29 is 14.6 Å². The fourth-order valence-electron chi connectivity index (χ4n) is 1.67. The molecule has 1 N–H and O–H groups in total. The maximum Gasteiger partial charge on any atom is 0.204 e. The molecule has 74 valence electrons. The van der Waals surface area contributed by atoms with Gasteiger partial charge in [-0.2, -0.15) is 0 Å². The summed E-state index contributed by atoms with van der Waals surface area (Å²) in [6, 6.07) is 9.11. The third kappa shape index (κ3) is 1.17. The standard InChI is InChI=1S/C11H12O3/c1-2-9(12)11(10(13)14-11)8-6-4-3-5-7-8/h3-7,10,13H,2H2,1H3. The van der Waals surface area contributed by atoms with E-state index in [4.69, 9.17) is 4.74 Å². The van der Waals surface area contributed by atoms with Gasteiger partial charge in [-0.1, -0.05) is 37.3 Å². The van der Waals surface area contributed by atoms with Crippen LogP contribution in [-0.4, -0.2) is 17.2 Å². The van der Waals surface area contributed by atoms with Gasteiger partial charge in [0.25, 0.3) is 0 Å². The Balaban J connectivity index is 2.36. The summed E-state index contributed by atoms with van der Waals surface area (Å²) < 4.78 is 5.05. The zero-order chi connectivity index (χ0) is 10.2. The molecule has 0 spiro atoms. The summed E-state index contributed by atoms with van der Waals surface area (Å²) in [5.41, 5.74) is -0.338. The highest BCUT2D eigenvalue weighted by Gasteiger charge is 2.62. The third-order valence-electron chi connectivity index (χ3n) is 2.53. The van der Waals surface area contributed by atoms with Crippen LogP contribution in [0.4, 0.5) is 0 Å². The van der Waals surface area contributed by atoms with E-state index in [1.807, 2.05) is 18.2 Å². The molecule has 2 rings (SSSR count). The van der Waals surface area contributed by atoms with E-state index in [0.717, 1.165) is 5.56 Å². The Labute approximate surface area is 82.3 Å². The van der Waals surface area contributed by atoms with Crippen molar-refractivity contribution in [2.24, 2.45) is 0 Å². The first-order valence-electron chi connectivity index (χ1n) is 4.66. The summed E-state index contributed by atoms with van der Waals surface area (Å²) in [4.78, 5) is 11.6. The lowest BCUT2D eigenvalue weighted by atomic mass is 9.93. The average molecular weight is 192 g/mol. The maximum atomic E-state index is 11.6. The number of ketones is 1. The minimum atomic E-state index is -1.07. The van der Waals surface area contributed by atoms with Gasteiger partial charge < -0.3 is 9.84 Å². The summed E-state index contributed by atoms with van der Waals surface area (Å²) in [6.45, 7) is 1.77. The summed E-state index contributed by atoms with van der Waals surface area (Å²) in [7, 11) is 0. The smallest absolute Gasteiger partial charge is 0.204 e. The van der Waals surface area contributed by atoms with E-state index in [0.29, 0.717) is 6.42 Å². The first-order valence-corrected chi connectivity index (χ1v) is 4.66. The highest BCUT2D eigenvalue weighted by molar-refractivity contribution is 5.91. The molecule has 2 atom stereocenters. The third-order valence-corrected chi connectivity index (χ3v) is 2.53. The van der Waals surface area contributed by atoms with Crippen LogP contribution in [-0.2, 0) is 15.1 Å². The van der Waals surface area contributed by atoms with Gasteiger partial charge in [0.1, 0.15) is 0 Å². The molecule has 1 aliphatic rings. The molecule has 2 unspecified atom stereocenters. The van der Waals surface area contributed by atoms with Crippen LogP contribution in [0.3, 0.4) is 0 Å². The number of carbonyl (C=O) groups excluding carboxylic acids is 1. The molecule has 1 aliphatic heterocycles. The van der Waals surface area contributed by atoms with E-state index in [-0.39, 0.29) is 5.78 Å². The quantitative estimate of drug-likeness (QED) is 0.732. The lowest BCUT2D eigenvalue weighted by Gasteiger charge is -2.08. The van der Waals surface area contributed by atoms with Gasteiger partial charge in [0, 0.05) is 6.42 Å². The van der Waals surface area contributed by atoms with Crippen LogP contribution in [0.25, 0.3) is 0 Å². The lowest BCUT2D eigenvalue weighted by Crippen LogP contribution is -2.24. The van der Waals surface area contributed by atoms with Gasteiger partial charge in [-0.3, -0.25) is 4.79 Å². The predicted octanol–water partition coefficient (Wildman–Crippen LogP) is 1.21. The van der Waals surface area contributed by atoms with Gasteiger partial charge in [0.05, 0.1) is 0 Å². The number of epoxide rings is 1. The van der Waals surface area contributed by atoms with Crippen molar-refractivity contribution in [3.63, 3.8) is 0 Å². The molecule has 3 nitrogen and oxygen atoms in total. The van der Waals surface area contributed by atoms with E-state index in [2.05, 4.69) is 0 Å². The summed E-state index contributed by atoms with van der Waals surface area (Å²) in [6.07, 6.45) is -0.608. The Morgan fingerprint density at radius 2 is 2.07 bits per heavy atom. The molecule has 1 saturated heterocycles. The molecular weight excluding hydrogens is 180 g/mol.